The van der Waals surface area contributed by atoms with Crippen molar-refractivity contribution in [3.05, 3.63) is 29.1 Å². The molecule has 0 bridgehead atoms. The lowest BCUT2D eigenvalue weighted by molar-refractivity contribution is -0.141. The Morgan fingerprint density at radius 2 is 1.82 bits per heavy atom. The molecule has 1 rings (SSSR count). The minimum absolute atomic E-state index is 0.151. The van der Waals surface area contributed by atoms with Crippen LogP contribution < -0.4 is 0 Å². The van der Waals surface area contributed by atoms with Gasteiger partial charge in [-0.3, -0.25) is 4.98 Å². The highest BCUT2D eigenvalue weighted by Gasteiger charge is 2.33. The lowest BCUT2D eigenvalue weighted by Gasteiger charge is -2.23. The molecule has 0 amide bonds. The van der Waals surface area contributed by atoms with E-state index in [1.807, 2.05) is 20.8 Å². The number of hydrogen-bond acceptors (Lipinski definition) is 2. The summed E-state index contributed by atoms with van der Waals surface area (Å²) in [5.74, 6) is 0. The molecule has 0 aliphatic rings. The Labute approximate surface area is 98.8 Å². The van der Waals surface area contributed by atoms with Crippen LogP contribution in [0.25, 0.3) is 0 Å². The molecule has 0 N–H and O–H groups in total. The predicted octanol–water partition coefficient (Wildman–Crippen LogP) is 3.54. The van der Waals surface area contributed by atoms with Gasteiger partial charge in [-0.2, -0.15) is 13.2 Å². The SMILES string of the molecule is COCc1cc(C(F)(F)F)ncc1C(C)(C)C. The van der Waals surface area contributed by atoms with Crippen molar-refractivity contribution >= 4 is 0 Å². The van der Waals surface area contributed by atoms with E-state index < -0.39 is 11.9 Å². The highest BCUT2D eigenvalue weighted by atomic mass is 19.4. The molecule has 96 valence electrons. The molecule has 0 aliphatic carbocycles. The highest BCUT2D eigenvalue weighted by molar-refractivity contribution is 5.32. The van der Waals surface area contributed by atoms with E-state index in [4.69, 9.17) is 4.74 Å². The van der Waals surface area contributed by atoms with Crippen LogP contribution in [0.4, 0.5) is 13.2 Å². The van der Waals surface area contributed by atoms with Crippen LogP contribution in [0.15, 0.2) is 12.3 Å². The number of ether oxygens (including phenoxy) is 1. The summed E-state index contributed by atoms with van der Waals surface area (Å²) in [5, 5.41) is 0. The van der Waals surface area contributed by atoms with Crippen LogP contribution in [0.5, 0.6) is 0 Å². The molecule has 0 saturated carbocycles. The van der Waals surface area contributed by atoms with Gasteiger partial charge in [0, 0.05) is 13.3 Å². The Hall–Kier alpha value is -1.10. The van der Waals surface area contributed by atoms with Gasteiger partial charge in [0.2, 0.25) is 0 Å². The molecule has 5 heteroatoms. The maximum absolute atomic E-state index is 12.5. The van der Waals surface area contributed by atoms with Crippen molar-refractivity contribution in [3.8, 4) is 0 Å². The summed E-state index contributed by atoms with van der Waals surface area (Å²) in [7, 11) is 1.46. The molecule has 0 atom stereocenters. The van der Waals surface area contributed by atoms with E-state index in [0.29, 0.717) is 5.56 Å². The Balaban J connectivity index is 3.27. The van der Waals surface area contributed by atoms with Crippen LogP contribution in [0.1, 0.15) is 37.6 Å². The Morgan fingerprint density at radius 1 is 1.24 bits per heavy atom. The van der Waals surface area contributed by atoms with Crippen molar-refractivity contribution in [2.75, 3.05) is 7.11 Å². The molecule has 2 nitrogen and oxygen atoms in total. The average Bonchev–Trinajstić information content (AvgIpc) is 2.15. The third-order valence-corrected chi connectivity index (χ3v) is 2.39. The van der Waals surface area contributed by atoms with Crippen molar-refractivity contribution in [2.24, 2.45) is 0 Å². The number of aromatic nitrogens is 1. The molecule has 0 saturated heterocycles. The summed E-state index contributed by atoms with van der Waals surface area (Å²) in [6.07, 6.45) is -3.13. The first kappa shape index (κ1) is 14.0. The number of nitrogens with zero attached hydrogens (tertiary/aromatic N) is 1. The van der Waals surface area contributed by atoms with E-state index >= 15 is 0 Å². The van der Waals surface area contributed by atoms with Gasteiger partial charge in [0.05, 0.1) is 6.61 Å². The lowest BCUT2D eigenvalue weighted by atomic mass is 9.85. The maximum Gasteiger partial charge on any atom is 0.433 e. The molecule has 17 heavy (non-hydrogen) atoms. The standard InChI is InChI=1S/C12H16F3NO/c1-11(2,3)9-6-16-10(12(13,14)15)5-8(9)7-17-4/h5-6H,7H2,1-4H3. The summed E-state index contributed by atoms with van der Waals surface area (Å²) in [5.41, 5.74) is 0.164. The van der Waals surface area contributed by atoms with Gasteiger partial charge in [0.25, 0.3) is 0 Å². The van der Waals surface area contributed by atoms with Crippen LogP contribution in [-0.4, -0.2) is 12.1 Å². The van der Waals surface area contributed by atoms with E-state index in [9.17, 15) is 13.2 Å². The minimum Gasteiger partial charge on any atom is -0.380 e. The molecule has 0 aliphatic heterocycles. The van der Waals surface area contributed by atoms with Gasteiger partial charge in [-0.25, -0.2) is 0 Å². The Kier molecular flexibility index (Phi) is 3.81. The predicted molar refractivity (Wildman–Crippen MR) is 58.7 cm³/mol. The van der Waals surface area contributed by atoms with Crippen LogP contribution in [-0.2, 0) is 22.9 Å². The molecular formula is C12H16F3NO. The molecule has 0 fully saturated rings. The number of rotatable bonds is 2. The van der Waals surface area contributed by atoms with Crippen molar-refractivity contribution in [1.29, 1.82) is 0 Å². The van der Waals surface area contributed by atoms with Crippen molar-refractivity contribution in [1.82, 2.24) is 4.98 Å². The molecule has 0 spiro atoms. The first-order chi connectivity index (χ1) is 7.66. The second-order valence-electron chi connectivity index (χ2n) is 4.91. The van der Waals surface area contributed by atoms with Crippen LogP contribution >= 0.6 is 0 Å². The topological polar surface area (TPSA) is 22.1 Å². The number of pyridine rings is 1. The molecule has 1 aromatic heterocycles. The van der Waals surface area contributed by atoms with Crippen LogP contribution in [0.3, 0.4) is 0 Å². The van der Waals surface area contributed by atoms with Gasteiger partial charge >= 0.3 is 6.18 Å². The number of methoxy groups -OCH3 is 1. The molecule has 0 radical (unpaired) electrons. The summed E-state index contributed by atoms with van der Waals surface area (Å²) >= 11 is 0. The van der Waals surface area contributed by atoms with E-state index in [1.165, 1.54) is 13.3 Å². The largest absolute Gasteiger partial charge is 0.433 e. The number of hydrogen-bond donors (Lipinski definition) is 0. The molecule has 0 aromatic carbocycles. The second-order valence-corrected chi connectivity index (χ2v) is 4.91. The van der Waals surface area contributed by atoms with Crippen molar-refractivity contribution in [2.45, 2.75) is 39.0 Å². The van der Waals surface area contributed by atoms with E-state index in [0.717, 1.165) is 11.6 Å². The number of alkyl halides is 3. The quantitative estimate of drug-likeness (QED) is 0.797. The number of halogens is 3. The smallest absolute Gasteiger partial charge is 0.380 e. The fraction of sp³-hybridized carbons (Fsp3) is 0.583. The van der Waals surface area contributed by atoms with Gasteiger partial charge < -0.3 is 4.74 Å². The summed E-state index contributed by atoms with van der Waals surface area (Å²) in [6, 6.07) is 1.06. The monoisotopic (exact) mass is 247 g/mol. The first-order valence-electron chi connectivity index (χ1n) is 5.22. The van der Waals surface area contributed by atoms with Gasteiger partial charge in [0.15, 0.2) is 0 Å². The maximum atomic E-state index is 12.5. The highest BCUT2D eigenvalue weighted by Crippen LogP contribution is 2.32. The minimum atomic E-state index is -4.42. The average molecular weight is 247 g/mol. The first-order valence-corrected chi connectivity index (χ1v) is 5.22. The second kappa shape index (κ2) is 4.64. The fourth-order valence-electron chi connectivity index (χ4n) is 1.60. The van der Waals surface area contributed by atoms with E-state index in [2.05, 4.69) is 4.98 Å². The summed E-state index contributed by atoms with van der Waals surface area (Å²) < 4.78 is 42.5. The molecular weight excluding hydrogens is 231 g/mol. The van der Waals surface area contributed by atoms with Gasteiger partial charge in [-0.05, 0) is 22.6 Å². The third kappa shape index (κ3) is 3.43. The van der Waals surface area contributed by atoms with Crippen LogP contribution in [0, 0.1) is 0 Å². The normalized spacial score (nSPS) is 12.9. The third-order valence-electron chi connectivity index (χ3n) is 2.39. The van der Waals surface area contributed by atoms with E-state index in [-0.39, 0.29) is 12.0 Å². The lowest BCUT2D eigenvalue weighted by Crippen LogP contribution is -2.18. The van der Waals surface area contributed by atoms with Crippen molar-refractivity contribution in [3.63, 3.8) is 0 Å². The zero-order valence-corrected chi connectivity index (χ0v) is 10.4. The molecule has 0 unspecified atom stereocenters. The summed E-state index contributed by atoms with van der Waals surface area (Å²) in [4.78, 5) is 3.48. The Morgan fingerprint density at radius 3 is 2.24 bits per heavy atom. The van der Waals surface area contributed by atoms with E-state index in [1.54, 1.807) is 0 Å². The molecule has 1 heterocycles. The van der Waals surface area contributed by atoms with Gasteiger partial charge in [0.1, 0.15) is 5.69 Å². The summed E-state index contributed by atoms with van der Waals surface area (Å²) in [6.45, 7) is 5.93. The zero-order valence-electron chi connectivity index (χ0n) is 10.4. The fourth-order valence-corrected chi connectivity index (χ4v) is 1.60. The van der Waals surface area contributed by atoms with Crippen LogP contribution in [0.2, 0.25) is 0 Å². The molecule has 1 aromatic rings. The zero-order chi connectivity index (χ0) is 13.3. The Bertz CT molecular complexity index is 394. The van der Waals surface area contributed by atoms with Crippen molar-refractivity contribution < 1.29 is 17.9 Å². The van der Waals surface area contributed by atoms with Gasteiger partial charge in [-0.1, -0.05) is 20.8 Å². The van der Waals surface area contributed by atoms with Gasteiger partial charge in [-0.15, -0.1) is 0 Å².